The first kappa shape index (κ1) is 22.2. The maximum Gasteiger partial charge on any atom is 0.337 e. The zero-order chi connectivity index (χ0) is 24.1. The molecule has 182 valence electrons. The van der Waals surface area contributed by atoms with Crippen LogP contribution in [0.2, 0.25) is 0 Å². The van der Waals surface area contributed by atoms with E-state index < -0.39 is 17.6 Å². The Labute approximate surface area is 200 Å². The largest absolute Gasteiger partial charge is 0.478 e. The third-order valence-corrected chi connectivity index (χ3v) is 7.38. The fraction of sp³-hybridized carbons (Fsp3) is 0.423. The molecular weight excluding hydrogens is 456 g/mol. The van der Waals surface area contributed by atoms with Crippen LogP contribution in [0.25, 0.3) is 11.3 Å². The summed E-state index contributed by atoms with van der Waals surface area (Å²) in [5, 5.41) is 13.2. The van der Waals surface area contributed by atoms with E-state index in [4.69, 9.17) is 14.4 Å². The van der Waals surface area contributed by atoms with Crippen LogP contribution in [0.1, 0.15) is 66.1 Å². The van der Waals surface area contributed by atoms with Crippen LogP contribution in [-0.4, -0.2) is 39.4 Å². The van der Waals surface area contributed by atoms with E-state index in [-0.39, 0.29) is 47.5 Å². The lowest BCUT2D eigenvalue weighted by Crippen LogP contribution is -2.46. The molecule has 7 nitrogen and oxygen atoms in total. The molecule has 2 saturated heterocycles. The molecule has 3 fully saturated rings. The van der Waals surface area contributed by atoms with Gasteiger partial charge in [0.05, 0.1) is 23.8 Å². The number of ether oxygens (including phenoxy) is 1. The Kier molecular flexibility index (Phi) is 5.51. The van der Waals surface area contributed by atoms with E-state index in [1.807, 2.05) is 0 Å². The number of anilines is 1. The van der Waals surface area contributed by atoms with Gasteiger partial charge in [0, 0.05) is 29.8 Å². The molecule has 1 N–H and O–H groups in total. The van der Waals surface area contributed by atoms with Gasteiger partial charge in [-0.05, 0) is 62.8 Å². The monoisotopic (exact) mass is 481 g/mol. The average Bonchev–Trinajstić information content (AvgIpc) is 3.55. The van der Waals surface area contributed by atoms with Gasteiger partial charge in [0.1, 0.15) is 28.9 Å². The maximum absolute atomic E-state index is 14.5. The van der Waals surface area contributed by atoms with Crippen molar-refractivity contribution in [2.24, 2.45) is 0 Å². The third kappa shape index (κ3) is 4.07. The van der Waals surface area contributed by atoms with E-state index in [1.54, 1.807) is 12.1 Å². The van der Waals surface area contributed by atoms with Crippen molar-refractivity contribution in [2.75, 3.05) is 4.90 Å². The van der Waals surface area contributed by atoms with Gasteiger partial charge < -0.3 is 19.3 Å². The lowest BCUT2D eigenvalue weighted by Gasteiger charge is -2.39. The van der Waals surface area contributed by atoms with E-state index in [0.29, 0.717) is 11.3 Å². The minimum atomic E-state index is -0.993. The predicted molar refractivity (Wildman–Crippen MR) is 122 cm³/mol. The Bertz CT molecular complexity index is 1220. The van der Waals surface area contributed by atoms with Gasteiger partial charge in [-0.3, -0.25) is 0 Å². The number of nitrogens with zero attached hydrogens (tertiary/aromatic N) is 3. The quantitative estimate of drug-likeness (QED) is 0.489. The molecule has 3 aromatic rings. The van der Waals surface area contributed by atoms with Gasteiger partial charge in [0.25, 0.3) is 0 Å². The van der Waals surface area contributed by atoms with E-state index in [9.17, 15) is 13.6 Å². The van der Waals surface area contributed by atoms with E-state index >= 15 is 0 Å². The number of pyridine rings is 1. The highest BCUT2D eigenvalue weighted by molar-refractivity contribution is 5.87. The second-order valence-corrected chi connectivity index (χ2v) is 9.65. The number of carbonyl (C=O) groups is 1. The fourth-order valence-corrected chi connectivity index (χ4v) is 5.55. The van der Waals surface area contributed by atoms with Crippen molar-refractivity contribution < 1.29 is 27.9 Å². The van der Waals surface area contributed by atoms with Crippen molar-refractivity contribution in [3.63, 3.8) is 0 Å². The average molecular weight is 481 g/mol. The van der Waals surface area contributed by atoms with Gasteiger partial charge in [-0.25, -0.2) is 18.6 Å². The van der Waals surface area contributed by atoms with Gasteiger partial charge in [0.2, 0.25) is 0 Å². The molecule has 35 heavy (non-hydrogen) atoms. The first-order valence-corrected chi connectivity index (χ1v) is 12.0. The summed E-state index contributed by atoms with van der Waals surface area (Å²) in [5.41, 5.74) is 0.817. The van der Waals surface area contributed by atoms with Gasteiger partial charge >= 0.3 is 5.97 Å². The van der Waals surface area contributed by atoms with Crippen LogP contribution in [0, 0.1) is 11.6 Å². The molecule has 6 rings (SSSR count). The summed E-state index contributed by atoms with van der Waals surface area (Å²) in [6.45, 7) is 0.189. The molecule has 1 aromatic carbocycles. The number of piperidine rings is 1. The highest BCUT2D eigenvalue weighted by Crippen LogP contribution is 2.45. The van der Waals surface area contributed by atoms with E-state index in [2.05, 4.69) is 15.0 Å². The molecule has 1 saturated carbocycles. The van der Waals surface area contributed by atoms with Crippen LogP contribution in [0.4, 0.5) is 14.6 Å². The molecule has 2 atom stereocenters. The van der Waals surface area contributed by atoms with Crippen molar-refractivity contribution >= 4 is 11.8 Å². The topological polar surface area (TPSA) is 88.7 Å². The fourth-order valence-electron chi connectivity index (χ4n) is 5.55. The molecule has 1 aliphatic carbocycles. The molecule has 0 amide bonds. The van der Waals surface area contributed by atoms with Crippen LogP contribution in [0.5, 0.6) is 0 Å². The Balaban J connectivity index is 1.19. The summed E-state index contributed by atoms with van der Waals surface area (Å²) in [7, 11) is 0. The van der Waals surface area contributed by atoms with Crippen molar-refractivity contribution in [1.29, 1.82) is 0 Å². The number of aromatic nitrogens is 2. The zero-order valence-corrected chi connectivity index (χ0v) is 19.0. The Morgan fingerprint density at radius 2 is 1.80 bits per heavy atom. The van der Waals surface area contributed by atoms with Crippen LogP contribution in [0.3, 0.4) is 0 Å². The number of benzene rings is 1. The minimum Gasteiger partial charge on any atom is -0.478 e. The molecule has 2 aliphatic heterocycles. The van der Waals surface area contributed by atoms with Gasteiger partial charge in [-0.15, -0.1) is 0 Å². The number of carboxylic acids is 1. The SMILES string of the molecule is O=C(O)c1ccc(N2C3CCC2CC(OCc2c(-c4c(F)cccc4F)noc2C2CC2)C3)nc1. The summed E-state index contributed by atoms with van der Waals surface area (Å²) in [6.07, 6.45) is 6.95. The van der Waals surface area contributed by atoms with E-state index in [1.165, 1.54) is 24.4 Å². The normalized spacial score (nSPS) is 23.6. The van der Waals surface area contributed by atoms with Crippen LogP contribution in [0.15, 0.2) is 41.1 Å². The number of fused-ring (bicyclic) bond motifs is 2. The first-order chi connectivity index (χ1) is 17.0. The van der Waals surface area contributed by atoms with Crippen molar-refractivity contribution in [1.82, 2.24) is 10.1 Å². The third-order valence-electron chi connectivity index (χ3n) is 7.38. The summed E-state index contributed by atoms with van der Waals surface area (Å²) in [5.74, 6) is -0.654. The van der Waals surface area contributed by atoms with Crippen LogP contribution in [-0.2, 0) is 11.3 Å². The minimum absolute atomic E-state index is 0.0117. The Hall–Kier alpha value is -3.33. The Morgan fingerprint density at radius 1 is 1.09 bits per heavy atom. The molecule has 2 aromatic heterocycles. The molecule has 0 spiro atoms. The second kappa shape index (κ2) is 8.71. The molecule has 2 unspecified atom stereocenters. The zero-order valence-electron chi connectivity index (χ0n) is 19.0. The molecule has 4 heterocycles. The van der Waals surface area contributed by atoms with Crippen molar-refractivity contribution in [3.05, 3.63) is 65.1 Å². The number of halogens is 2. The molecule has 0 radical (unpaired) electrons. The maximum atomic E-state index is 14.5. The van der Waals surface area contributed by atoms with Crippen molar-refractivity contribution in [2.45, 2.75) is 69.2 Å². The second-order valence-electron chi connectivity index (χ2n) is 9.65. The smallest absolute Gasteiger partial charge is 0.337 e. The number of rotatable bonds is 7. The summed E-state index contributed by atoms with van der Waals surface area (Å²) in [4.78, 5) is 17.8. The predicted octanol–water partition coefficient (Wildman–Crippen LogP) is 5.31. The van der Waals surface area contributed by atoms with Crippen LogP contribution < -0.4 is 4.90 Å². The summed E-state index contributed by atoms with van der Waals surface area (Å²) in [6, 6.07) is 7.62. The van der Waals surface area contributed by atoms with Gasteiger partial charge in [0.15, 0.2) is 0 Å². The molecule has 9 heteroatoms. The number of hydrogen-bond acceptors (Lipinski definition) is 6. The van der Waals surface area contributed by atoms with Gasteiger partial charge in [-0.1, -0.05) is 11.2 Å². The lowest BCUT2D eigenvalue weighted by molar-refractivity contribution is 0.0146. The summed E-state index contributed by atoms with van der Waals surface area (Å²) < 4.78 is 40.9. The number of hydrogen-bond donors (Lipinski definition) is 1. The van der Waals surface area contributed by atoms with Crippen LogP contribution >= 0.6 is 0 Å². The van der Waals surface area contributed by atoms with E-state index in [0.717, 1.165) is 44.3 Å². The van der Waals surface area contributed by atoms with Crippen molar-refractivity contribution in [3.8, 4) is 11.3 Å². The summed E-state index contributed by atoms with van der Waals surface area (Å²) >= 11 is 0. The van der Waals surface area contributed by atoms with Gasteiger partial charge in [-0.2, -0.15) is 0 Å². The first-order valence-electron chi connectivity index (χ1n) is 12.0. The molecular formula is C26H25F2N3O4. The number of aromatic carboxylic acids is 1. The lowest BCUT2D eigenvalue weighted by atomic mass is 9.99. The Morgan fingerprint density at radius 3 is 2.40 bits per heavy atom. The highest BCUT2D eigenvalue weighted by Gasteiger charge is 2.42. The molecule has 3 aliphatic rings. The number of carboxylic acid groups (broad SMARTS) is 1. The standard InChI is InChI=1S/C26H25F2N3O4/c27-20-2-1-3-21(28)23(20)24-19(25(35-30-24)14-4-5-14)13-34-18-10-16-7-8-17(11-18)31(16)22-9-6-15(12-29-22)26(32)33/h1-3,6,9,12,14,16-18H,4-5,7-8,10-11,13H2,(H,32,33). The molecule has 2 bridgehead atoms. The highest BCUT2D eigenvalue weighted by atomic mass is 19.1.